The predicted molar refractivity (Wildman–Crippen MR) is 120 cm³/mol. The highest BCUT2D eigenvalue weighted by atomic mass is 16.5. The van der Waals surface area contributed by atoms with Crippen LogP contribution in [0.15, 0.2) is 65.3 Å². The number of nitrogens with zero attached hydrogens (tertiary/aromatic N) is 4. The first-order valence-electron chi connectivity index (χ1n) is 11.1. The van der Waals surface area contributed by atoms with E-state index in [1.165, 1.54) is 0 Å². The molecule has 0 unspecified atom stereocenters. The zero-order chi connectivity index (χ0) is 21.7. The molecule has 162 valence electrons. The normalized spacial score (nSPS) is 18.9. The van der Waals surface area contributed by atoms with Gasteiger partial charge in [-0.25, -0.2) is 0 Å². The molecule has 0 N–H and O–H groups in total. The smallest absolute Gasteiger partial charge is 0.243 e. The van der Waals surface area contributed by atoms with Gasteiger partial charge in [0.1, 0.15) is 17.0 Å². The topological polar surface area (TPSA) is 62.5 Å². The lowest BCUT2D eigenvalue weighted by Gasteiger charge is -2.39. The number of hydrogen-bond acceptors (Lipinski definition) is 5. The Bertz CT molecular complexity index is 985. The maximum absolute atomic E-state index is 13.8. The molecule has 0 saturated carbocycles. The van der Waals surface area contributed by atoms with Crippen LogP contribution in [0.4, 0.5) is 0 Å². The molecule has 1 amide bonds. The van der Waals surface area contributed by atoms with E-state index in [0.717, 1.165) is 42.1 Å². The van der Waals surface area contributed by atoms with E-state index < -0.39 is 5.54 Å². The van der Waals surface area contributed by atoms with Gasteiger partial charge in [-0.15, -0.1) is 0 Å². The van der Waals surface area contributed by atoms with Crippen LogP contribution in [-0.2, 0) is 17.8 Å². The van der Waals surface area contributed by atoms with Crippen molar-refractivity contribution in [1.29, 1.82) is 0 Å². The van der Waals surface area contributed by atoms with Crippen LogP contribution >= 0.6 is 0 Å². The largest absolute Gasteiger partial charge is 0.361 e. The molecule has 2 aromatic heterocycles. The van der Waals surface area contributed by atoms with Gasteiger partial charge in [-0.2, -0.15) is 0 Å². The van der Waals surface area contributed by atoms with Crippen LogP contribution < -0.4 is 0 Å². The standard InChI is InChI=1S/C25H30N4O2/c1-3-28(4-2)24(30)25(14-10-16-29(25)19-21-13-8-9-15-26-21)18-22-17-23(27-31-22)20-11-6-5-7-12-20/h5-9,11-13,15,17H,3-4,10,14,16,18-19H2,1-2H3/t25-/m1/s1. The van der Waals surface area contributed by atoms with E-state index in [2.05, 4.69) is 15.0 Å². The molecule has 1 aromatic carbocycles. The highest BCUT2D eigenvalue weighted by Gasteiger charge is 2.49. The van der Waals surface area contributed by atoms with Crippen molar-refractivity contribution in [2.24, 2.45) is 0 Å². The van der Waals surface area contributed by atoms with E-state index in [-0.39, 0.29) is 5.91 Å². The van der Waals surface area contributed by atoms with Crippen molar-refractivity contribution in [3.05, 3.63) is 72.2 Å². The third kappa shape index (κ3) is 4.39. The van der Waals surface area contributed by atoms with Gasteiger partial charge in [-0.1, -0.05) is 41.6 Å². The summed E-state index contributed by atoms with van der Waals surface area (Å²) in [4.78, 5) is 22.5. The fourth-order valence-corrected chi connectivity index (χ4v) is 4.60. The van der Waals surface area contributed by atoms with Crippen LogP contribution in [0.5, 0.6) is 0 Å². The van der Waals surface area contributed by atoms with Crippen LogP contribution in [0.3, 0.4) is 0 Å². The Hall–Kier alpha value is -2.99. The molecule has 0 spiro atoms. The lowest BCUT2D eigenvalue weighted by atomic mass is 9.88. The zero-order valence-electron chi connectivity index (χ0n) is 18.3. The van der Waals surface area contributed by atoms with Gasteiger partial charge < -0.3 is 9.42 Å². The number of carbonyl (C=O) groups is 1. The number of likely N-dealkylation sites (N-methyl/N-ethyl adjacent to an activating group) is 1. The average molecular weight is 419 g/mol. The zero-order valence-corrected chi connectivity index (χ0v) is 18.3. The second kappa shape index (κ2) is 9.43. The van der Waals surface area contributed by atoms with Gasteiger partial charge in [-0.3, -0.25) is 14.7 Å². The molecule has 4 rings (SSSR count). The van der Waals surface area contributed by atoms with E-state index in [9.17, 15) is 4.79 Å². The molecule has 31 heavy (non-hydrogen) atoms. The van der Waals surface area contributed by atoms with Crippen molar-refractivity contribution < 1.29 is 9.32 Å². The molecule has 3 aromatic rings. The van der Waals surface area contributed by atoms with Gasteiger partial charge in [0, 0.05) is 43.9 Å². The molecule has 1 atom stereocenters. The highest BCUT2D eigenvalue weighted by molar-refractivity contribution is 5.87. The van der Waals surface area contributed by atoms with Gasteiger partial charge >= 0.3 is 0 Å². The molecular weight excluding hydrogens is 388 g/mol. The van der Waals surface area contributed by atoms with Crippen molar-refractivity contribution in [1.82, 2.24) is 19.9 Å². The summed E-state index contributed by atoms with van der Waals surface area (Å²) in [6.07, 6.45) is 4.09. The first-order chi connectivity index (χ1) is 15.2. The summed E-state index contributed by atoms with van der Waals surface area (Å²) >= 11 is 0. The van der Waals surface area contributed by atoms with E-state index in [1.807, 2.05) is 79.5 Å². The summed E-state index contributed by atoms with van der Waals surface area (Å²) in [7, 11) is 0. The SMILES string of the molecule is CCN(CC)C(=O)[C@]1(Cc2cc(-c3ccccc3)no2)CCCN1Cc1ccccn1. The van der Waals surface area contributed by atoms with Crippen LogP contribution in [0, 0.1) is 0 Å². The number of pyridine rings is 1. The Morgan fingerprint density at radius 1 is 1.13 bits per heavy atom. The second-order valence-electron chi connectivity index (χ2n) is 8.08. The summed E-state index contributed by atoms with van der Waals surface area (Å²) < 4.78 is 5.74. The predicted octanol–water partition coefficient (Wildman–Crippen LogP) is 4.18. The molecule has 3 heterocycles. The summed E-state index contributed by atoms with van der Waals surface area (Å²) in [6, 6.07) is 17.9. The van der Waals surface area contributed by atoms with E-state index >= 15 is 0 Å². The average Bonchev–Trinajstić information content (AvgIpc) is 3.44. The maximum atomic E-state index is 13.8. The molecule has 0 aliphatic carbocycles. The molecule has 0 bridgehead atoms. The number of aromatic nitrogens is 2. The number of benzene rings is 1. The van der Waals surface area contributed by atoms with Gasteiger partial charge in [0.2, 0.25) is 5.91 Å². The minimum absolute atomic E-state index is 0.170. The molecule has 1 saturated heterocycles. The third-order valence-corrected chi connectivity index (χ3v) is 6.25. The number of rotatable bonds is 8. The van der Waals surface area contributed by atoms with Crippen LogP contribution in [0.25, 0.3) is 11.3 Å². The quantitative estimate of drug-likeness (QED) is 0.549. The van der Waals surface area contributed by atoms with Crippen molar-refractivity contribution in [3.63, 3.8) is 0 Å². The summed E-state index contributed by atoms with van der Waals surface area (Å²) in [6.45, 7) is 6.97. The highest BCUT2D eigenvalue weighted by Crippen LogP contribution is 2.36. The van der Waals surface area contributed by atoms with Crippen molar-refractivity contribution >= 4 is 5.91 Å². The van der Waals surface area contributed by atoms with Gasteiger partial charge in [0.25, 0.3) is 0 Å². The molecule has 1 aliphatic heterocycles. The van der Waals surface area contributed by atoms with Crippen LogP contribution in [-0.4, -0.2) is 51.0 Å². The Kier molecular flexibility index (Phi) is 6.47. The molecule has 1 aliphatic rings. The first kappa shape index (κ1) is 21.2. The Morgan fingerprint density at radius 3 is 2.61 bits per heavy atom. The second-order valence-corrected chi connectivity index (χ2v) is 8.08. The Labute approximate surface area is 183 Å². The fraction of sp³-hybridized carbons (Fsp3) is 0.400. The fourth-order valence-electron chi connectivity index (χ4n) is 4.60. The van der Waals surface area contributed by atoms with Crippen LogP contribution in [0.2, 0.25) is 0 Å². The molecular formula is C25H30N4O2. The van der Waals surface area contributed by atoms with E-state index in [4.69, 9.17) is 4.52 Å². The molecule has 6 heteroatoms. The van der Waals surface area contributed by atoms with Crippen molar-refractivity contribution in [2.45, 2.75) is 45.2 Å². The number of hydrogen-bond donors (Lipinski definition) is 0. The van der Waals surface area contributed by atoms with E-state index in [0.29, 0.717) is 26.1 Å². The van der Waals surface area contributed by atoms with Gasteiger partial charge in [0.15, 0.2) is 0 Å². The van der Waals surface area contributed by atoms with E-state index in [1.54, 1.807) is 0 Å². The minimum atomic E-state index is -0.642. The summed E-state index contributed by atoms with van der Waals surface area (Å²) in [5.74, 6) is 0.913. The number of carbonyl (C=O) groups excluding carboxylic acids is 1. The molecule has 0 radical (unpaired) electrons. The lowest BCUT2D eigenvalue weighted by molar-refractivity contribution is -0.143. The monoisotopic (exact) mass is 418 g/mol. The van der Waals surface area contributed by atoms with Crippen molar-refractivity contribution in [2.75, 3.05) is 19.6 Å². The molecule has 6 nitrogen and oxygen atoms in total. The Balaban J connectivity index is 1.66. The van der Waals surface area contributed by atoms with Gasteiger partial charge in [-0.05, 0) is 45.4 Å². The summed E-state index contributed by atoms with van der Waals surface area (Å²) in [5, 5.41) is 4.28. The minimum Gasteiger partial charge on any atom is -0.361 e. The first-order valence-corrected chi connectivity index (χ1v) is 11.1. The maximum Gasteiger partial charge on any atom is 0.243 e. The molecule has 1 fully saturated rings. The Morgan fingerprint density at radius 2 is 1.90 bits per heavy atom. The number of amides is 1. The lowest BCUT2D eigenvalue weighted by Crippen LogP contribution is -2.57. The van der Waals surface area contributed by atoms with Crippen LogP contribution in [0.1, 0.15) is 38.1 Å². The van der Waals surface area contributed by atoms with Crippen molar-refractivity contribution in [3.8, 4) is 11.3 Å². The number of likely N-dealkylation sites (tertiary alicyclic amines) is 1. The third-order valence-electron chi connectivity index (χ3n) is 6.25. The summed E-state index contributed by atoms with van der Waals surface area (Å²) in [5.41, 5.74) is 2.15. The van der Waals surface area contributed by atoms with Gasteiger partial charge in [0.05, 0.1) is 5.69 Å².